The summed E-state index contributed by atoms with van der Waals surface area (Å²) in [5.74, 6) is -0.853. The third-order valence-corrected chi connectivity index (χ3v) is 8.25. The van der Waals surface area contributed by atoms with Crippen LogP contribution in [0.5, 0.6) is 0 Å². The molecule has 0 spiro atoms. The van der Waals surface area contributed by atoms with Crippen LogP contribution >= 0.6 is 0 Å². The van der Waals surface area contributed by atoms with Crippen molar-refractivity contribution in [1.29, 1.82) is 0 Å². The molecule has 0 heterocycles. The molecule has 3 amide bonds. The standard InChI is InChI=1S/C36H49N3O4/c1-11-23(3)30(38-34(42)43-35(6,7)8)33(41)39(36(9,10)12-2)31(29-24(4)16-15-17-25(29)5)32(40)37-28-21-20-26-18-13-14-19-27(26)22-28/h13-23,30-31H,11-12H2,1-10H3,(H,37,40)(H,38,42). The normalized spacial score (nSPS) is 14.0. The van der Waals surface area contributed by atoms with E-state index in [-0.39, 0.29) is 17.7 Å². The molecular weight excluding hydrogens is 538 g/mol. The van der Waals surface area contributed by atoms with Gasteiger partial charge in [0.2, 0.25) is 5.91 Å². The molecule has 0 aliphatic rings. The SMILES string of the molecule is CCC(C)C(NC(=O)OC(C)(C)C)C(=O)N(C(C(=O)Nc1ccc2ccccc2c1)c1c(C)cccc1C)C(C)(C)CC. The zero-order valence-electron chi connectivity index (χ0n) is 27.5. The maximum atomic E-state index is 14.8. The van der Waals surface area contributed by atoms with Crippen LogP contribution in [0.15, 0.2) is 60.7 Å². The van der Waals surface area contributed by atoms with Crippen LogP contribution in [0, 0.1) is 19.8 Å². The number of benzene rings is 3. The van der Waals surface area contributed by atoms with Crippen molar-refractivity contribution in [3.8, 4) is 0 Å². The molecule has 3 aromatic carbocycles. The van der Waals surface area contributed by atoms with Gasteiger partial charge in [0.25, 0.3) is 5.91 Å². The van der Waals surface area contributed by atoms with Gasteiger partial charge in [0, 0.05) is 11.2 Å². The number of anilines is 1. The number of carbonyl (C=O) groups is 3. The maximum Gasteiger partial charge on any atom is 0.408 e. The van der Waals surface area contributed by atoms with E-state index in [0.29, 0.717) is 18.5 Å². The zero-order valence-corrected chi connectivity index (χ0v) is 27.5. The Morgan fingerprint density at radius 2 is 1.47 bits per heavy atom. The van der Waals surface area contributed by atoms with E-state index < -0.39 is 29.3 Å². The molecule has 3 unspecified atom stereocenters. The molecule has 43 heavy (non-hydrogen) atoms. The number of carbonyl (C=O) groups excluding carboxylic acids is 3. The molecule has 3 rings (SSSR count). The number of fused-ring (bicyclic) bond motifs is 1. The molecule has 0 aliphatic carbocycles. The minimum absolute atomic E-state index is 0.211. The summed E-state index contributed by atoms with van der Waals surface area (Å²) in [5, 5.41) is 8.06. The van der Waals surface area contributed by atoms with Gasteiger partial charge in [-0.3, -0.25) is 9.59 Å². The van der Waals surface area contributed by atoms with Crippen molar-refractivity contribution in [1.82, 2.24) is 10.2 Å². The fraction of sp³-hybridized carbons (Fsp3) is 0.472. The topological polar surface area (TPSA) is 87.7 Å². The van der Waals surface area contributed by atoms with E-state index in [1.165, 1.54) is 0 Å². The predicted octanol–water partition coefficient (Wildman–Crippen LogP) is 8.09. The van der Waals surface area contributed by atoms with Gasteiger partial charge in [-0.1, -0.05) is 75.7 Å². The van der Waals surface area contributed by atoms with Gasteiger partial charge in [0.1, 0.15) is 17.7 Å². The van der Waals surface area contributed by atoms with Gasteiger partial charge in [-0.2, -0.15) is 0 Å². The summed E-state index contributed by atoms with van der Waals surface area (Å²) in [4.78, 5) is 44.0. The van der Waals surface area contributed by atoms with Crippen LogP contribution in [0.3, 0.4) is 0 Å². The molecule has 0 bridgehead atoms. The highest BCUT2D eigenvalue weighted by Crippen LogP contribution is 2.37. The van der Waals surface area contributed by atoms with Crippen LogP contribution < -0.4 is 10.6 Å². The fourth-order valence-electron chi connectivity index (χ4n) is 5.33. The monoisotopic (exact) mass is 587 g/mol. The van der Waals surface area contributed by atoms with Gasteiger partial charge in [0.05, 0.1) is 0 Å². The lowest BCUT2D eigenvalue weighted by molar-refractivity contribution is -0.148. The van der Waals surface area contributed by atoms with Gasteiger partial charge < -0.3 is 20.3 Å². The Balaban J connectivity index is 2.17. The zero-order chi connectivity index (χ0) is 32.1. The van der Waals surface area contributed by atoms with Gasteiger partial charge in [-0.15, -0.1) is 0 Å². The first kappa shape index (κ1) is 33.6. The molecule has 7 heteroatoms. The molecule has 7 nitrogen and oxygen atoms in total. The Morgan fingerprint density at radius 3 is 2.02 bits per heavy atom. The van der Waals surface area contributed by atoms with E-state index in [9.17, 15) is 14.4 Å². The largest absolute Gasteiger partial charge is 0.444 e. The van der Waals surface area contributed by atoms with E-state index >= 15 is 0 Å². The molecule has 3 atom stereocenters. The highest BCUT2D eigenvalue weighted by Gasteiger charge is 2.45. The summed E-state index contributed by atoms with van der Waals surface area (Å²) < 4.78 is 5.55. The van der Waals surface area contributed by atoms with Crippen molar-refractivity contribution in [3.05, 3.63) is 77.4 Å². The van der Waals surface area contributed by atoms with E-state index in [4.69, 9.17) is 4.74 Å². The van der Waals surface area contributed by atoms with Crippen LogP contribution in [0.25, 0.3) is 10.8 Å². The smallest absolute Gasteiger partial charge is 0.408 e. The van der Waals surface area contributed by atoms with Crippen LogP contribution in [0.2, 0.25) is 0 Å². The Kier molecular flexibility index (Phi) is 10.7. The van der Waals surface area contributed by atoms with E-state index in [2.05, 4.69) is 10.6 Å². The summed E-state index contributed by atoms with van der Waals surface area (Å²) in [7, 11) is 0. The van der Waals surface area contributed by atoms with Gasteiger partial charge in [0.15, 0.2) is 0 Å². The summed E-state index contributed by atoms with van der Waals surface area (Å²) in [6.45, 7) is 19.1. The Bertz CT molecular complexity index is 1440. The van der Waals surface area contributed by atoms with Crippen molar-refractivity contribution < 1.29 is 19.1 Å². The lowest BCUT2D eigenvalue weighted by Gasteiger charge is -2.46. The molecule has 0 saturated carbocycles. The van der Waals surface area contributed by atoms with Crippen LogP contribution in [-0.4, -0.2) is 40.0 Å². The molecule has 0 saturated heterocycles. The lowest BCUT2D eigenvalue weighted by Crippen LogP contribution is -2.60. The van der Waals surface area contributed by atoms with E-state index in [0.717, 1.165) is 27.5 Å². The second-order valence-electron chi connectivity index (χ2n) is 13.1. The number of alkyl carbamates (subject to hydrolysis) is 1. The quantitative estimate of drug-likeness (QED) is 0.251. The number of ether oxygens (including phenoxy) is 1. The predicted molar refractivity (Wildman–Crippen MR) is 175 cm³/mol. The van der Waals surface area contributed by atoms with Gasteiger partial charge >= 0.3 is 6.09 Å². The number of aryl methyl sites for hydroxylation is 2. The molecule has 0 aliphatic heterocycles. The Hall–Kier alpha value is -3.87. The number of hydrogen-bond acceptors (Lipinski definition) is 4. The van der Waals surface area contributed by atoms with Crippen LogP contribution in [-0.2, 0) is 14.3 Å². The minimum Gasteiger partial charge on any atom is -0.444 e. The highest BCUT2D eigenvalue weighted by atomic mass is 16.6. The van der Waals surface area contributed by atoms with Crippen molar-refractivity contribution in [2.24, 2.45) is 5.92 Å². The summed E-state index contributed by atoms with van der Waals surface area (Å²) in [6, 6.07) is 17.8. The Morgan fingerprint density at radius 1 is 0.860 bits per heavy atom. The summed E-state index contributed by atoms with van der Waals surface area (Å²) >= 11 is 0. The fourth-order valence-corrected chi connectivity index (χ4v) is 5.33. The molecule has 0 radical (unpaired) electrons. The first-order valence-electron chi connectivity index (χ1n) is 15.3. The van der Waals surface area contributed by atoms with Crippen molar-refractivity contribution in [2.75, 3.05) is 5.32 Å². The number of nitrogens with zero attached hydrogens (tertiary/aromatic N) is 1. The van der Waals surface area contributed by atoms with Crippen LogP contribution in [0.1, 0.15) is 91.0 Å². The maximum absolute atomic E-state index is 14.8. The van der Waals surface area contributed by atoms with Crippen molar-refractivity contribution in [3.63, 3.8) is 0 Å². The molecule has 3 aromatic rings. The average Bonchev–Trinajstić information content (AvgIpc) is 2.93. The third kappa shape index (κ3) is 8.15. The van der Waals surface area contributed by atoms with Crippen molar-refractivity contribution in [2.45, 2.75) is 105 Å². The van der Waals surface area contributed by atoms with Gasteiger partial charge in [-0.05, 0) is 100 Å². The molecule has 0 aromatic heterocycles. The lowest BCUT2D eigenvalue weighted by atomic mass is 9.87. The second-order valence-corrected chi connectivity index (χ2v) is 13.1. The van der Waals surface area contributed by atoms with Crippen LogP contribution in [0.4, 0.5) is 10.5 Å². The number of nitrogens with one attached hydrogen (secondary N) is 2. The first-order valence-corrected chi connectivity index (χ1v) is 15.3. The molecule has 2 N–H and O–H groups in total. The second kappa shape index (κ2) is 13.6. The third-order valence-electron chi connectivity index (χ3n) is 8.25. The number of hydrogen-bond donors (Lipinski definition) is 2. The highest BCUT2D eigenvalue weighted by molar-refractivity contribution is 6.01. The number of rotatable bonds is 10. The van der Waals surface area contributed by atoms with E-state index in [1.807, 2.05) is 109 Å². The minimum atomic E-state index is -0.956. The molecule has 232 valence electrons. The molecular formula is C36H49N3O4. The van der Waals surface area contributed by atoms with Gasteiger partial charge in [-0.25, -0.2) is 4.79 Å². The summed E-state index contributed by atoms with van der Waals surface area (Å²) in [5.41, 5.74) is 1.77. The Labute approximate surface area is 257 Å². The first-order chi connectivity index (χ1) is 20.1. The average molecular weight is 588 g/mol. The molecule has 0 fully saturated rings. The van der Waals surface area contributed by atoms with E-state index in [1.54, 1.807) is 25.7 Å². The van der Waals surface area contributed by atoms with Crippen molar-refractivity contribution >= 4 is 34.4 Å². The summed E-state index contributed by atoms with van der Waals surface area (Å²) in [6.07, 6.45) is 0.567. The number of amides is 3.